The van der Waals surface area contributed by atoms with Gasteiger partial charge in [-0.15, -0.1) is 0 Å². The molecule has 3 aromatic rings. The number of fused-ring (bicyclic) bond motifs is 1. The number of aromatic amines is 1. The fraction of sp³-hybridized carbons (Fsp3) is 0.320. The molecule has 2 aromatic heterocycles. The molecule has 1 unspecified atom stereocenters. The topological polar surface area (TPSA) is 88.2 Å². The summed E-state index contributed by atoms with van der Waals surface area (Å²) < 4.78 is 26.5. The lowest BCUT2D eigenvalue weighted by Gasteiger charge is -2.19. The molecule has 0 spiro atoms. The molecule has 2 N–H and O–H groups in total. The Bertz CT molecular complexity index is 1270. The third-order valence-electron chi connectivity index (χ3n) is 5.99. The second kappa shape index (κ2) is 9.26. The predicted molar refractivity (Wildman–Crippen MR) is 130 cm³/mol. The van der Waals surface area contributed by atoms with Crippen LogP contribution in [-0.2, 0) is 11.2 Å². The van der Waals surface area contributed by atoms with Crippen LogP contribution in [0.3, 0.4) is 0 Å². The molecule has 0 saturated carbocycles. The van der Waals surface area contributed by atoms with Crippen LogP contribution in [0.25, 0.3) is 12.2 Å². The highest BCUT2D eigenvalue weighted by Gasteiger charge is 2.25. The molecule has 1 aliphatic carbocycles. The lowest BCUT2D eigenvalue weighted by atomic mass is 10.1. The van der Waals surface area contributed by atoms with E-state index in [1.807, 2.05) is 50.3 Å². The van der Waals surface area contributed by atoms with Gasteiger partial charge in [-0.2, -0.15) is 15.1 Å². The Labute approximate surface area is 197 Å². The summed E-state index contributed by atoms with van der Waals surface area (Å²) in [6.45, 7) is 5.43. The summed E-state index contributed by atoms with van der Waals surface area (Å²) in [6.07, 6.45) is 7.48. The van der Waals surface area contributed by atoms with Crippen LogP contribution in [0.5, 0.6) is 11.8 Å². The summed E-state index contributed by atoms with van der Waals surface area (Å²) in [4.78, 5) is 11.2. The molecule has 0 bridgehead atoms. The van der Waals surface area contributed by atoms with Crippen molar-refractivity contribution in [1.82, 2.24) is 20.2 Å². The normalized spacial score (nSPS) is 17.4. The van der Waals surface area contributed by atoms with E-state index in [2.05, 4.69) is 30.4 Å². The maximum atomic E-state index is 15.2. The number of halogens is 1. The number of ether oxygens (including phenoxy) is 2. The summed E-state index contributed by atoms with van der Waals surface area (Å²) in [5.74, 6) is 1.47. The molecule has 34 heavy (non-hydrogen) atoms. The second-order valence-electron chi connectivity index (χ2n) is 8.54. The van der Waals surface area contributed by atoms with Crippen LogP contribution in [0.4, 0.5) is 21.8 Å². The molecule has 9 heteroatoms. The number of aromatic nitrogens is 4. The minimum Gasteiger partial charge on any atom is -0.421 e. The maximum absolute atomic E-state index is 15.2. The van der Waals surface area contributed by atoms with Crippen molar-refractivity contribution in [2.24, 2.45) is 0 Å². The molecule has 3 heterocycles. The summed E-state index contributed by atoms with van der Waals surface area (Å²) in [5, 5.41) is 10.4. The van der Waals surface area contributed by atoms with Gasteiger partial charge in [-0.05, 0) is 44.4 Å². The van der Waals surface area contributed by atoms with E-state index >= 15 is 4.39 Å². The molecular weight excluding hydrogens is 435 g/mol. The Hall–Kier alpha value is -3.72. The van der Waals surface area contributed by atoms with Crippen LogP contribution >= 0.6 is 0 Å². The first-order valence-corrected chi connectivity index (χ1v) is 11.3. The first-order valence-electron chi connectivity index (χ1n) is 11.3. The van der Waals surface area contributed by atoms with Gasteiger partial charge in [0, 0.05) is 37.9 Å². The van der Waals surface area contributed by atoms with E-state index in [0.717, 1.165) is 36.2 Å². The van der Waals surface area contributed by atoms with E-state index in [4.69, 9.17) is 9.47 Å². The van der Waals surface area contributed by atoms with Crippen LogP contribution in [-0.4, -0.2) is 46.5 Å². The van der Waals surface area contributed by atoms with Gasteiger partial charge in [-0.25, -0.2) is 4.39 Å². The van der Waals surface area contributed by atoms with Crippen LogP contribution in [0.2, 0.25) is 0 Å². The van der Waals surface area contributed by atoms with Crippen molar-refractivity contribution in [2.45, 2.75) is 32.8 Å². The zero-order chi connectivity index (χ0) is 23.7. The Balaban J connectivity index is 1.46. The third kappa shape index (κ3) is 4.51. The van der Waals surface area contributed by atoms with Gasteiger partial charge in [0.05, 0.1) is 11.8 Å². The molecular formula is C25H27FN6O2. The Morgan fingerprint density at radius 2 is 2.12 bits per heavy atom. The van der Waals surface area contributed by atoms with Crippen LogP contribution < -0.4 is 15.0 Å². The number of allylic oxidation sites excluding steroid dienone is 2. The SMILES string of the molecule is C/C=C/c1cc(Nc2cc(N3CCC(OC)C3)nc(Oc3ccc4c(c3F)C=C(C)C4)n2)n[nH]1. The molecule has 0 amide bonds. The average Bonchev–Trinajstić information content (AvgIpc) is 3.56. The van der Waals surface area contributed by atoms with E-state index in [9.17, 15) is 0 Å². The van der Waals surface area contributed by atoms with Crippen molar-refractivity contribution in [3.63, 3.8) is 0 Å². The predicted octanol–water partition coefficient (Wildman–Crippen LogP) is 5.09. The van der Waals surface area contributed by atoms with E-state index in [1.165, 1.54) is 0 Å². The van der Waals surface area contributed by atoms with Crippen molar-refractivity contribution in [1.29, 1.82) is 0 Å². The van der Waals surface area contributed by atoms with E-state index in [1.54, 1.807) is 13.2 Å². The summed E-state index contributed by atoms with van der Waals surface area (Å²) in [6, 6.07) is 7.29. The van der Waals surface area contributed by atoms with Crippen LogP contribution in [0, 0.1) is 5.82 Å². The van der Waals surface area contributed by atoms with Crippen molar-refractivity contribution >= 4 is 29.6 Å². The lowest BCUT2D eigenvalue weighted by Crippen LogP contribution is -2.23. The highest BCUT2D eigenvalue weighted by atomic mass is 19.1. The molecule has 1 saturated heterocycles. The molecule has 2 aliphatic rings. The van der Waals surface area contributed by atoms with E-state index in [0.29, 0.717) is 29.6 Å². The van der Waals surface area contributed by atoms with E-state index < -0.39 is 5.82 Å². The number of nitrogens with zero attached hydrogens (tertiary/aromatic N) is 4. The van der Waals surface area contributed by atoms with Gasteiger partial charge in [0.25, 0.3) is 0 Å². The van der Waals surface area contributed by atoms with Crippen LogP contribution in [0.15, 0.2) is 35.9 Å². The highest BCUT2D eigenvalue weighted by molar-refractivity contribution is 5.66. The zero-order valence-corrected chi connectivity index (χ0v) is 19.4. The molecule has 8 nitrogen and oxygen atoms in total. The Morgan fingerprint density at radius 1 is 1.24 bits per heavy atom. The van der Waals surface area contributed by atoms with Gasteiger partial charge in [-0.3, -0.25) is 5.10 Å². The summed E-state index contributed by atoms with van der Waals surface area (Å²) >= 11 is 0. The Morgan fingerprint density at radius 3 is 2.91 bits per heavy atom. The smallest absolute Gasteiger partial charge is 0.326 e. The number of anilines is 3. The molecule has 1 aliphatic heterocycles. The fourth-order valence-electron chi connectivity index (χ4n) is 4.31. The number of methoxy groups -OCH3 is 1. The van der Waals surface area contributed by atoms with Gasteiger partial charge < -0.3 is 19.7 Å². The van der Waals surface area contributed by atoms with Gasteiger partial charge in [0.2, 0.25) is 0 Å². The first kappa shape index (κ1) is 22.1. The van der Waals surface area contributed by atoms with Crippen molar-refractivity contribution in [2.75, 3.05) is 30.4 Å². The van der Waals surface area contributed by atoms with Gasteiger partial charge in [-0.1, -0.05) is 23.8 Å². The number of H-pyrrole nitrogens is 1. The number of rotatable bonds is 7. The number of nitrogens with one attached hydrogen (secondary N) is 2. The molecule has 5 rings (SSSR count). The number of hydrogen-bond donors (Lipinski definition) is 2. The summed E-state index contributed by atoms with van der Waals surface area (Å²) in [5.41, 5.74) is 3.51. The lowest BCUT2D eigenvalue weighted by molar-refractivity contribution is 0.121. The first-order chi connectivity index (χ1) is 16.5. The maximum Gasteiger partial charge on any atom is 0.326 e. The zero-order valence-electron chi connectivity index (χ0n) is 19.4. The number of benzene rings is 1. The fourth-order valence-corrected chi connectivity index (χ4v) is 4.31. The van der Waals surface area contributed by atoms with Crippen molar-refractivity contribution < 1.29 is 13.9 Å². The Kier molecular flexibility index (Phi) is 6.02. The summed E-state index contributed by atoms with van der Waals surface area (Å²) in [7, 11) is 1.71. The largest absolute Gasteiger partial charge is 0.421 e. The molecule has 1 atom stereocenters. The van der Waals surface area contributed by atoms with Gasteiger partial charge >= 0.3 is 6.01 Å². The van der Waals surface area contributed by atoms with Crippen molar-refractivity contribution in [3.8, 4) is 11.8 Å². The molecule has 1 aromatic carbocycles. The standard InChI is InChI=1S/C25H27FN6O2/c1-4-5-17-12-22(31-30-17)27-21-13-23(32-9-8-18(14-32)33-3)29-25(28-21)34-20-7-6-16-10-15(2)11-19(16)24(20)26/h4-7,11-13,18H,8-10,14H2,1-3H3,(H2,27,28,29,30,31)/b5-4+. The minimum atomic E-state index is -0.401. The monoisotopic (exact) mass is 462 g/mol. The molecule has 176 valence electrons. The third-order valence-corrected chi connectivity index (χ3v) is 5.99. The molecule has 1 fully saturated rings. The van der Waals surface area contributed by atoms with Crippen molar-refractivity contribution in [3.05, 3.63) is 58.6 Å². The highest BCUT2D eigenvalue weighted by Crippen LogP contribution is 2.34. The second-order valence-corrected chi connectivity index (χ2v) is 8.54. The van der Waals surface area contributed by atoms with Gasteiger partial charge in [0.15, 0.2) is 17.4 Å². The average molecular weight is 463 g/mol. The quantitative estimate of drug-likeness (QED) is 0.505. The van der Waals surface area contributed by atoms with Gasteiger partial charge in [0.1, 0.15) is 11.6 Å². The number of hydrogen-bond acceptors (Lipinski definition) is 7. The molecule has 0 radical (unpaired) electrons. The van der Waals surface area contributed by atoms with E-state index in [-0.39, 0.29) is 17.9 Å². The van der Waals surface area contributed by atoms with Crippen LogP contribution in [0.1, 0.15) is 37.1 Å². The minimum absolute atomic E-state index is 0.0580.